The van der Waals surface area contributed by atoms with Gasteiger partial charge >= 0.3 is 0 Å². The molecule has 0 unspecified atom stereocenters. The summed E-state index contributed by atoms with van der Waals surface area (Å²) in [6, 6.07) is 14.0. The van der Waals surface area contributed by atoms with Crippen molar-refractivity contribution in [2.75, 3.05) is 20.2 Å². The minimum atomic E-state index is -0.389. The highest BCUT2D eigenvalue weighted by Gasteiger charge is 2.25. The molecule has 6 nitrogen and oxygen atoms in total. The Kier molecular flexibility index (Phi) is 5.63. The molecule has 136 valence electrons. The van der Waals surface area contributed by atoms with Crippen molar-refractivity contribution in [2.24, 2.45) is 5.92 Å². The van der Waals surface area contributed by atoms with Crippen LogP contribution in [-0.2, 0) is 6.54 Å². The summed E-state index contributed by atoms with van der Waals surface area (Å²) in [6.45, 7) is 2.45. The first-order valence-corrected chi connectivity index (χ1v) is 8.71. The van der Waals surface area contributed by atoms with E-state index in [2.05, 4.69) is 4.90 Å². The summed E-state index contributed by atoms with van der Waals surface area (Å²) in [7, 11) is 1.61. The number of benzene rings is 2. The van der Waals surface area contributed by atoms with Crippen molar-refractivity contribution in [1.29, 1.82) is 0 Å². The number of nitrogens with zero attached hydrogens (tertiary/aromatic N) is 2. The van der Waals surface area contributed by atoms with E-state index in [0.29, 0.717) is 0 Å². The zero-order chi connectivity index (χ0) is 18.5. The molecule has 26 heavy (non-hydrogen) atoms. The van der Waals surface area contributed by atoms with Crippen LogP contribution in [0.15, 0.2) is 48.5 Å². The average molecular weight is 354 g/mol. The van der Waals surface area contributed by atoms with Crippen LogP contribution >= 0.6 is 0 Å². The Morgan fingerprint density at radius 3 is 2.27 bits per heavy atom. The molecule has 0 amide bonds. The maximum atomic E-state index is 12.6. The van der Waals surface area contributed by atoms with Crippen LogP contribution in [0.5, 0.6) is 5.75 Å². The molecular weight excluding hydrogens is 332 g/mol. The number of non-ortho nitro benzene ring substituents is 1. The normalized spacial score (nSPS) is 15.6. The standard InChI is InChI=1S/C20H22N2O4/c1-26-19-8-4-16(5-9-19)20(23)17-10-12-21(13-11-17)14-15-2-6-18(7-3-15)22(24)25/h2-9,17H,10-14H2,1H3. The number of carbonyl (C=O) groups is 1. The quantitative estimate of drug-likeness (QED) is 0.449. The monoisotopic (exact) mass is 354 g/mol. The number of hydrogen-bond acceptors (Lipinski definition) is 5. The van der Waals surface area contributed by atoms with Crippen LogP contribution in [0.25, 0.3) is 0 Å². The topological polar surface area (TPSA) is 72.7 Å². The van der Waals surface area contributed by atoms with Crippen molar-refractivity contribution < 1.29 is 14.5 Å². The molecule has 2 aromatic rings. The number of nitro groups is 1. The van der Waals surface area contributed by atoms with Crippen LogP contribution in [0.4, 0.5) is 5.69 Å². The van der Waals surface area contributed by atoms with Gasteiger partial charge in [-0.2, -0.15) is 0 Å². The number of ketones is 1. The molecule has 0 aromatic heterocycles. The van der Waals surface area contributed by atoms with Gasteiger partial charge in [-0.25, -0.2) is 0 Å². The van der Waals surface area contributed by atoms with Crippen molar-refractivity contribution in [3.8, 4) is 5.75 Å². The average Bonchev–Trinajstić information content (AvgIpc) is 2.68. The van der Waals surface area contributed by atoms with Crippen LogP contribution in [0.1, 0.15) is 28.8 Å². The van der Waals surface area contributed by atoms with Gasteiger partial charge in [0.2, 0.25) is 0 Å². The lowest BCUT2D eigenvalue weighted by atomic mass is 9.88. The molecule has 0 spiro atoms. The van der Waals surface area contributed by atoms with Crippen molar-refractivity contribution in [3.63, 3.8) is 0 Å². The molecule has 2 aromatic carbocycles. The number of ether oxygens (including phenoxy) is 1. The predicted octanol–water partition coefficient (Wildman–Crippen LogP) is 3.70. The van der Waals surface area contributed by atoms with E-state index < -0.39 is 0 Å². The van der Waals surface area contributed by atoms with E-state index in [-0.39, 0.29) is 22.3 Å². The summed E-state index contributed by atoms with van der Waals surface area (Å²) in [4.78, 5) is 25.3. The van der Waals surface area contributed by atoms with Crippen LogP contribution in [0, 0.1) is 16.0 Å². The SMILES string of the molecule is COc1ccc(C(=O)C2CCN(Cc3ccc([N+](=O)[O-])cc3)CC2)cc1. The third kappa shape index (κ3) is 4.26. The fraction of sp³-hybridized carbons (Fsp3) is 0.350. The number of methoxy groups -OCH3 is 1. The maximum Gasteiger partial charge on any atom is 0.269 e. The molecule has 0 atom stereocenters. The molecular formula is C20H22N2O4. The smallest absolute Gasteiger partial charge is 0.269 e. The Morgan fingerprint density at radius 1 is 1.12 bits per heavy atom. The van der Waals surface area contributed by atoms with Gasteiger partial charge in [0.1, 0.15) is 5.75 Å². The van der Waals surface area contributed by atoms with Crippen molar-refractivity contribution >= 4 is 11.5 Å². The fourth-order valence-corrected chi connectivity index (χ4v) is 3.33. The zero-order valence-corrected chi connectivity index (χ0v) is 14.8. The van der Waals surface area contributed by atoms with Crippen molar-refractivity contribution in [2.45, 2.75) is 19.4 Å². The number of carbonyl (C=O) groups excluding carboxylic acids is 1. The molecule has 1 aliphatic rings. The molecule has 6 heteroatoms. The number of Topliss-reactive ketones (excluding diaryl/α,β-unsaturated/α-hetero) is 1. The van der Waals surface area contributed by atoms with Crippen LogP contribution in [0.3, 0.4) is 0 Å². The maximum absolute atomic E-state index is 12.6. The van der Waals surface area contributed by atoms with Crippen LogP contribution in [-0.4, -0.2) is 35.8 Å². The molecule has 0 saturated carbocycles. The molecule has 1 heterocycles. The predicted molar refractivity (Wildman–Crippen MR) is 98.4 cm³/mol. The summed E-state index contributed by atoms with van der Waals surface area (Å²) in [5.74, 6) is 0.999. The lowest BCUT2D eigenvalue weighted by Gasteiger charge is -2.31. The molecule has 0 bridgehead atoms. The highest BCUT2D eigenvalue weighted by Crippen LogP contribution is 2.24. The van der Waals surface area contributed by atoms with Gasteiger partial charge in [-0.1, -0.05) is 12.1 Å². The highest BCUT2D eigenvalue weighted by atomic mass is 16.6. The van der Waals surface area contributed by atoms with E-state index in [0.717, 1.165) is 49.4 Å². The van der Waals surface area contributed by atoms with Crippen molar-refractivity contribution in [3.05, 3.63) is 69.8 Å². The summed E-state index contributed by atoms with van der Waals surface area (Å²) in [5, 5.41) is 10.7. The first-order valence-electron chi connectivity index (χ1n) is 8.71. The van der Waals surface area contributed by atoms with E-state index in [4.69, 9.17) is 4.74 Å². The Hall–Kier alpha value is -2.73. The van der Waals surface area contributed by atoms with Gasteiger partial charge in [-0.05, 0) is 55.8 Å². The first kappa shape index (κ1) is 18.1. The second-order valence-electron chi connectivity index (χ2n) is 6.57. The second-order valence-corrected chi connectivity index (χ2v) is 6.57. The summed E-state index contributed by atoms with van der Waals surface area (Å²) >= 11 is 0. The second kappa shape index (κ2) is 8.10. The Bertz CT molecular complexity index is 763. The van der Waals surface area contributed by atoms with Gasteiger partial charge in [-0.15, -0.1) is 0 Å². The summed E-state index contributed by atoms with van der Waals surface area (Å²) < 4.78 is 5.13. The van der Waals surface area contributed by atoms with E-state index >= 15 is 0 Å². The molecule has 1 fully saturated rings. The minimum Gasteiger partial charge on any atom is -0.497 e. The first-order chi connectivity index (χ1) is 12.6. The lowest BCUT2D eigenvalue weighted by Crippen LogP contribution is -2.35. The number of hydrogen-bond donors (Lipinski definition) is 0. The van der Waals surface area contributed by atoms with Gasteiger partial charge in [-0.3, -0.25) is 19.8 Å². The third-order valence-electron chi connectivity index (χ3n) is 4.89. The van der Waals surface area contributed by atoms with Crippen molar-refractivity contribution in [1.82, 2.24) is 4.90 Å². The molecule has 1 aliphatic heterocycles. The number of piperidine rings is 1. The molecule has 0 N–H and O–H groups in total. The van der Waals surface area contributed by atoms with Gasteiger partial charge in [0, 0.05) is 30.2 Å². The van der Waals surface area contributed by atoms with E-state index in [1.165, 1.54) is 12.1 Å². The Labute approximate surface area is 152 Å². The Balaban J connectivity index is 1.53. The van der Waals surface area contributed by atoms with E-state index in [9.17, 15) is 14.9 Å². The fourth-order valence-electron chi connectivity index (χ4n) is 3.33. The zero-order valence-electron chi connectivity index (χ0n) is 14.8. The largest absolute Gasteiger partial charge is 0.497 e. The van der Waals surface area contributed by atoms with Gasteiger partial charge in [0.15, 0.2) is 5.78 Å². The van der Waals surface area contributed by atoms with E-state index in [1.54, 1.807) is 19.2 Å². The minimum absolute atomic E-state index is 0.0523. The van der Waals surface area contributed by atoms with E-state index in [1.807, 2.05) is 24.3 Å². The lowest BCUT2D eigenvalue weighted by molar-refractivity contribution is -0.384. The molecule has 0 aliphatic carbocycles. The Morgan fingerprint density at radius 2 is 1.73 bits per heavy atom. The third-order valence-corrected chi connectivity index (χ3v) is 4.89. The number of likely N-dealkylation sites (tertiary alicyclic amines) is 1. The van der Waals surface area contributed by atoms with Gasteiger partial charge < -0.3 is 4.74 Å². The highest BCUT2D eigenvalue weighted by molar-refractivity contribution is 5.98. The molecule has 1 saturated heterocycles. The van der Waals surface area contributed by atoms with Crippen LogP contribution in [0.2, 0.25) is 0 Å². The van der Waals surface area contributed by atoms with Crippen LogP contribution < -0.4 is 4.74 Å². The molecule has 0 radical (unpaired) electrons. The number of rotatable bonds is 6. The molecule has 3 rings (SSSR count). The van der Waals surface area contributed by atoms with Gasteiger partial charge in [0.05, 0.1) is 12.0 Å². The number of nitro benzene ring substituents is 1. The summed E-state index contributed by atoms with van der Waals surface area (Å²) in [6.07, 6.45) is 1.66. The summed E-state index contributed by atoms with van der Waals surface area (Å²) in [5.41, 5.74) is 1.90. The van der Waals surface area contributed by atoms with Gasteiger partial charge in [0.25, 0.3) is 5.69 Å².